The Hall–Kier alpha value is -3.62. The molecule has 3 amide bonds. The zero-order valence-electron chi connectivity index (χ0n) is 25.9. The molecule has 0 saturated heterocycles. The molecule has 2 rings (SSSR count). The van der Waals surface area contributed by atoms with Crippen molar-refractivity contribution in [3.05, 3.63) is 70.8 Å². The van der Waals surface area contributed by atoms with Crippen molar-refractivity contribution in [2.75, 3.05) is 31.2 Å². The van der Waals surface area contributed by atoms with Gasteiger partial charge in [0.15, 0.2) is 9.84 Å². The number of aliphatic hydroxyl groups excluding tert-OH is 1. The molecule has 5 N–H and O–H groups in total. The topological polar surface area (TPSA) is 168 Å². The lowest BCUT2D eigenvalue weighted by Gasteiger charge is -2.31. The third kappa shape index (κ3) is 13.9. The van der Waals surface area contributed by atoms with E-state index in [4.69, 9.17) is 10.5 Å². The Morgan fingerprint density at radius 3 is 2.33 bits per heavy atom. The second-order valence-electron chi connectivity index (χ2n) is 10.9. The monoisotopic (exact) mass is 654 g/mol. The predicted octanol–water partition coefficient (Wildman–Crippen LogP) is 2.23. The molecule has 2 aromatic rings. The Balaban J connectivity index is 2.36. The lowest BCUT2D eigenvalue weighted by molar-refractivity contribution is -0.135. The van der Waals surface area contributed by atoms with E-state index in [9.17, 15) is 36.7 Å². The van der Waals surface area contributed by atoms with E-state index < -0.39 is 57.4 Å². The number of nitrogens with zero attached hydrogens (tertiary/aromatic N) is 1. The van der Waals surface area contributed by atoms with Crippen molar-refractivity contribution in [3.8, 4) is 0 Å². The van der Waals surface area contributed by atoms with Crippen molar-refractivity contribution in [2.45, 2.75) is 71.2 Å². The van der Waals surface area contributed by atoms with Gasteiger partial charge in [-0.25, -0.2) is 22.0 Å². The number of sulfone groups is 1. The normalized spacial score (nSPS) is 13.4. The maximum Gasteiger partial charge on any atom is 0.407 e. The van der Waals surface area contributed by atoms with E-state index in [1.165, 1.54) is 11.8 Å². The molecule has 14 heteroatoms. The quantitative estimate of drug-likeness (QED) is 0.178. The van der Waals surface area contributed by atoms with Gasteiger partial charge in [0.1, 0.15) is 24.3 Å². The number of aliphatic hydroxyl groups is 1. The molecular formula is C31H44F2N4O7S. The molecule has 0 heterocycles. The highest BCUT2D eigenvalue weighted by atomic mass is 32.2. The minimum Gasteiger partial charge on any atom is -0.448 e. The van der Waals surface area contributed by atoms with Gasteiger partial charge in [0, 0.05) is 32.1 Å². The Labute approximate surface area is 263 Å². The molecule has 0 aromatic heterocycles. The maximum absolute atomic E-state index is 14.0. The highest BCUT2D eigenvalue weighted by molar-refractivity contribution is 7.91. The van der Waals surface area contributed by atoms with Gasteiger partial charge < -0.3 is 31.1 Å². The smallest absolute Gasteiger partial charge is 0.407 e. The standard InChI is InChI=1S/C31H44F2N4O7S/c1-4-6-12-45(42,43)20-28(36-31(41)44-11-10-35-21(3)38)30(40)37(18-23-9-7-8-22(5-2)13-23)19-29(39)27(34)16-24-14-25(32)17-26(33)15-24/h7-9,13-15,17,27-29,39H,4-6,10-12,16,18-20,34H2,1-3H3,(H,35,38)(H,36,41)/t27-,28+,29+/m0/s1. The van der Waals surface area contributed by atoms with Crippen LogP contribution < -0.4 is 16.4 Å². The van der Waals surface area contributed by atoms with Crippen molar-refractivity contribution in [1.82, 2.24) is 15.5 Å². The van der Waals surface area contributed by atoms with Crippen LogP contribution in [0.15, 0.2) is 42.5 Å². The zero-order chi connectivity index (χ0) is 33.6. The average molecular weight is 655 g/mol. The molecule has 250 valence electrons. The van der Waals surface area contributed by atoms with Crippen LogP contribution in [0.1, 0.15) is 50.3 Å². The molecule has 0 spiro atoms. The summed E-state index contributed by atoms with van der Waals surface area (Å²) in [6.45, 7) is 4.41. The van der Waals surface area contributed by atoms with Crippen LogP contribution in [0.2, 0.25) is 0 Å². The molecule has 0 aliphatic heterocycles. The summed E-state index contributed by atoms with van der Waals surface area (Å²) in [5.41, 5.74) is 8.05. The van der Waals surface area contributed by atoms with E-state index in [-0.39, 0.29) is 49.9 Å². The van der Waals surface area contributed by atoms with Gasteiger partial charge in [0.25, 0.3) is 0 Å². The van der Waals surface area contributed by atoms with Gasteiger partial charge in [-0.15, -0.1) is 0 Å². The third-order valence-corrected chi connectivity index (χ3v) is 8.66. The number of nitrogens with one attached hydrogen (secondary N) is 2. The Kier molecular flexibility index (Phi) is 15.3. The van der Waals surface area contributed by atoms with E-state index >= 15 is 0 Å². The first-order valence-electron chi connectivity index (χ1n) is 14.9. The van der Waals surface area contributed by atoms with Crippen LogP contribution in [0, 0.1) is 11.6 Å². The first-order chi connectivity index (χ1) is 21.2. The number of carbonyl (C=O) groups excluding carboxylic acids is 3. The van der Waals surface area contributed by atoms with Gasteiger partial charge in [-0.1, -0.05) is 44.5 Å². The summed E-state index contributed by atoms with van der Waals surface area (Å²) >= 11 is 0. The molecule has 0 aliphatic carbocycles. The number of unbranched alkanes of at least 4 members (excludes halogenated alkanes) is 1. The first kappa shape index (κ1) is 37.6. The van der Waals surface area contributed by atoms with Crippen LogP contribution >= 0.6 is 0 Å². The fraction of sp³-hybridized carbons (Fsp3) is 0.516. The number of carbonyl (C=O) groups is 3. The number of nitrogens with two attached hydrogens (primary N) is 1. The molecule has 0 saturated carbocycles. The summed E-state index contributed by atoms with van der Waals surface area (Å²) in [6, 6.07) is 7.59. The van der Waals surface area contributed by atoms with Crippen LogP contribution in [0.5, 0.6) is 0 Å². The van der Waals surface area contributed by atoms with Crippen LogP contribution in [-0.4, -0.2) is 85.7 Å². The minimum absolute atomic E-state index is 0.00928. The molecule has 0 fully saturated rings. The SMILES string of the molecule is CCCCS(=O)(=O)C[C@@H](NC(=O)OCCNC(C)=O)C(=O)N(Cc1cccc(CC)c1)C[C@@H](O)[C@@H](N)Cc1cc(F)cc(F)c1. The number of alkyl carbamates (subject to hydrolysis) is 1. The zero-order valence-corrected chi connectivity index (χ0v) is 26.7. The number of aryl methyl sites for hydroxylation is 1. The average Bonchev–Trinajstić information content (AvgIpc) is 2.96. The summed E-state index contributed by atoms with van der Waals surface area (Å²) in [5, 5.41) is 15.8. The number of amides is 3. The number of ether oxygens (including phenoxy) is 1. The molecule has 0 radical (unpaired) electrons. The first-order valence-corrected chi connectivity index (χ1v) is 16.7. The molecule has 2 aromatic carbocycles. The summed E-state index contributed by atoms with van der Waals surface area (Å²) in [7, 11) is -3.81. The number of hydrogen-bond acceptors (Lipinski definition) is 8. The molecule has 11 nitrogen and oxygen atoms in total. The summed E-state index contributed by atoms with van der Waals surface area (Å²) < 4.78 is 58.4. The van der Waals surface area contributed by atoms with Crippen LogP contribution in [-0.2, 0) is 43.5 Å². The van der Waals surface area contributed by atoms with Crippen molar-refractivity contribution in [3.63, 3.8) is 0 Å². The number of rotatable bonds is 18. The van der Waals surface area contributed by atoms with Crippen LogP contribution in [0.3, 0.4) is 0 Å². The van der Waals surface area contributed by atoms with Gasteiger partial charge in [-0.05, 0) is 48.1 Å². The molecule has 0 bridgehead atoms. The van der Waals surface area contributed by atoms with Gasteiger partial charge in [-0.3, -0.25) is 9.59 Å². The third-order valence-electron chi connectivity index (χ3n) is 6.91. The molecule has 45 heavy (non-hydrogen) atoms. The van der Waals surface area contributed by atoms with Crippen molar-refractivity contribution in [1.29, 1.82) is 0 Å². The van der Waals surface area contributed by atoms with Crippen molar-refractivity contribution < 1.29 is 41.4 Å². The van der Waals surface area contributed by atoms with Gasteiger partial charge in [-0.2, -0.15) is 0 Å². The molecular weight excluding hydrogens is 610 g/mol. The van der Waals surface area contributed by atoms with Gasteiger partial charge in [0.05, 0.1) is 24.2 Å². The summed E-state index contributed by atoms with van der Waals surface area (Å²) in [6.07, 6.45) is -0.915. The Morgan fingerprint density at radius 1 is 1.04 bits per heavy atom. The highest BCUT2D eigenvalue weighted by Gasteiger charge is 2.33. The summed E-state index contributed by atoms with van der Waals surface area (Å²) in [5.74, 6) is -3.68. The second kappa shape index (κ2) is 18.4. The van der Waals surface area contributed by atoms with E-state index in [0.717, 1.165) is 17.7 Å². The van der Waals surface area contributed by atoms with E-state index in [1.807, 2.05) is 26.0 Å². The van der Waals surface area contributed by atoms with Crippen LogP contribution in [0.4, 0.5) is 13.6 Å². The number of benzene rings is 2. The summed E-state index contributed by atoms with van der Waals surface area (Å²) in [4.78, 5) is 38.9. The van der Waals surface area contributed by atoms with Crippen LogP contribution in [0.25, 0.3) is 0 Å². The van der Waals surface area contributed by atoms with Crippen molar-refractivity contribution >= 4 is 27.7 Å². The van der Waals surface area contributed by atoms with Gasteiger partial charge >= 0.3 is 6.09 Å². The molecule has 0 unspecified atom stereocenters. The highest BCUT2D eigenvalue weighted by Crippen LogP contribution is 2.15. The molecule has 0 aliphatic rings. The largest absolute Gasteiger partial charge is 0.448 e. The van der Waals surface area contributed by atoms with E-state index in [2.05, 4.69) is 10.6 Å². The Morgan fingerprint density at radius 2 is 1.71 bits per heavy atom. The second-order valence-corrected chi connectivity index (χ2v) is 13.1. The lowest BCUT2D eigenvalue weighted by Crippen LogP contribution is -2.55. The fourth-order valence-electron chi connectivity index (χ4n) is 4.55. The minimum atomic E-state index is -3.81. The lowest BCUT2D eigenvalue weighted by atomic mass is 10.0. The van der Waals surface area contributed by atoms with Crippen molar-refractivity contribution in [2.24, 2.45) is 5.73 Å². The van der Waals surface area contributed by atoms with E-state index in [0.29, 0.717) is 30.9 Å². The Bertz CT molecular complexity index is 1370. The van der Waals surface area contributed by atoms with E-state index in [1.54, 1.807) is 12.1 Å². The number of hydrogen-bond donors (Lipinski definition) is 4. The van der Waals surface area contributed by atoms with Gasteiger partial charge in [0.2, 0.25) is 11.8 Å². The number of halogens is 2. The maximum atomic E-state index is 14.0. The fourth-order valence-corrected chi connectivity index (χ4v) is 6.18. The molecule has 3 atom stereocenters. The predicted molar refractivity (Wildman–Crippen MR) is 166 cm³/mol.